The van der Waals surface area contributed by atoms with Crippen molar-refractivity contribution in [2.45, 2.75) is 25.3 Å². The van der Waals surface area contributed by atoms with Gasteiger partial charge in [-0.05, 0) is 55.3 Å². The summed E-state index contributed by atoms with van der Waals surface area (Å²) < 4.78 is 10.6. The van der Waals surface area contributed by atoms with Gasteiger partial charge in [-0.1, -0.05) is 11.6 Å². The quantitative estimate of drug-likeness (QED) is 0.719. The third-order valence-electron chi connectivity index (χ3n) is 6.21. The lowest BCUT2D eigenvalue weighted by Gasteiger charge is -2.34. The average molecular weight is 458 g/mol. The molecule has 2 aliphatic rings. The number of nitrogens with one attached hydrogen (secondary N) is 1. The first-order valence-electron chi connectivity index (χ1n) is 10.8. The molecule has 0 saturated carbocycles. The first-order valence-corrected chi connectivity index (χ1v) is 11.2. The number of hydrogen-bond acceptors (Lipinski definition) is 5. The molecule has 2 aromatic carbocycles. The van der Waals surface area contributed by atoms with Crippen LogP contribution in [0.1, 0.15) is 19.3 Å². The molecule has 2 fully saturated rings. The van der Waals surface area contributed by atoms with Gasteiger partial charge in [0.05, 0.1) is 25.8 Å². The predicted octanol–water partition coefficient (Wildman–Crippen LogP) is 3.50. The summed E-state index contributed by atoms with van der Waals surface area (Å²) in [6.07, 6.45) is 1.92. The van der Waals surface area contributed by atoms with Gasteiger partial charge in [0.2, 0.25) is 11.8 Å². The van der Waals surface area contributed by atoms with Crippen LogP contribution < -0.4 is 24.6 Å². The lowest BCUT2D eigenvalue weighted by molar-refractivity contribution is -0.127. The Hall–Kier alpha value is -2.93. The minimum Gasteiger partial charge on any atom is -0.497 e. The second-order valence-corrected chi connectivity index (χ2v) is 8.63. The summed E-state index contributed by atoms with van der Waals surface area (Å²) in [5.41, 5.74) is 1.76. The summed E-state index contributed by atoms with van der Waals surface area (Å²) >= 11 is 6.12. The van der Waals surface area contributed by atoms with E-state index in [1.54, 1.807) is 37.3 Å². The number of carbonyl (C=O) groups is 2. The highest BCUT2D eigenvalue weighted by molar-refractivity contribution is 6.31. The van der Waals surface area contributed by atoms with Gasteiger partial charge in [-0.15, -0.1) is 0 Å². The van der Waals surface area contributed by atoms with Crippen molar-refractivity contribution in [3.05, 3.63) is 47.5 Å². The molecule has 2 amide bonds. The van der Waals surface area contributed by atoms with Gasteiger partial charge in [0.1, 0.15) is 11.5 Å². The molecular weight excluding hydrogens is 430 g/mol. The van der Waals surface area contributed by atoms with Crippen LogP contribution in [-0.2, 0) is 9.59 Å². The van der Waals surface area contributed by atoms with Crippen molar-refractivity contribution < 1.29 is 19.1 Å². The molecule has 7 nitrogen and oxygen atoms in total. The molecule has 32 heavy (non-hydrogen) atoms. The zero-order valence-corrected chi connectivity index (χ0v) is 19.1. The molecule has 1 atom stereocenters. The van der Waals surface area contributed by atoms with Crippen molar-refractivity contribution in [2.75, 3.05) is 43.7 Å². The van der Waals surface area contributed by atoms with E-state index in [-0.39, 0.29) is 30.2 Å². The number of methoxy groups -OCH3 is 2. The first kappa shape index (κ1) is 22.3. The number of ether oxygens (including phenoxy) is 2. The Kier molecular flexibility index (Phi) is 6.74. The second-order valence-electron chi connectivity index (χ2n) is 8.19. The SMILES string of the molecule is COc1ccc(N2CCC(NC(=O)C3CC(=O)N(c4cc(Cl)ccc4OC)C3)CC2)cc1. The van der Waals surface area contributed by atoms with Crippen LogP contribution in [0, 0.1) is 5.92 Å². The molecule has 2 aromatic rings. The standard InChI is InChI=1S/C24H28ClN3O4/c1-31-20-6-4-19(5-7-20)27-11-9-18(10-12-27)26-24(30)16-13-23(29)28(15-16)21-14-17(25)3-8-22(21)32-2/h3-8,14,16,18H,9-13,15H2,1-2H3,(H,26,30). The minimum atomic E-state index is -0.384. The molecular formula is C24H28ClN3O4. The fourth-order valence-corrected chi connectivity index (χ4v) is 4.55. The van der Waals surface area contributed by atoms with E-state index < -0.39 is 0 Å². The van der Waals surface area contributed by atoms with Crippen LogP contribution in [0.15, 0.2) is 42.5 Å². The monoisotopic (exact) mass is 457 g/mol. The third-order valence-corrected chi connectivity index (χ3v) is 6.44. The molecule has 1 unspecified atom stereocenters. The zero-order valence-electron chi connectivity index (χ0n) is 18.3. The highest BCUT2D eigenvalue weighted by Crippen LogP contribution is 2.35. The van der Waals surface area contributed by atoms with Crippen LogP contribution in [0.3, 0.4) is 0 Å². The largest absolute Gasteiger partial charge is 0.497 e. The molecule has 0 spiro atoms. The van der Waals surface area contributed by atoms with E-state index in [0.717, 1.165) is 37.4 Å². The van der Waals surface area contributed by atoms with Crippen LogP contribution in [-0.4, -0.2) is 51.7 Å². The molecule has 2 saturated heterocycles. The molecule has 1 N–H and O–H groups in total. The van der Waals surface area contributed by atoms with Gasteiger partial charge in [-0.2, -0.15) is 0 Å². The van der Waals surface area contributed by atoms with E-state index in [1.165, 1.54) is 0 Å². The highest BCUT2D eigenvalue weighted by atomic mass is 35.5. The summed E-state index contributed by atoms with van der Waals surface area (Å²) in [5.74, 6) is 0.858. The molecule has 0 bridgehead atoms. The van der Waals surface area contributed by atoms with Crippen molar-refractivity contribution in [3.63, 3.8) is 0 Å². The van der Waals surface area contributed by atoms with Gasteiger partial charge in [0, 0.05) is 42.8 Å². The van der Waals surface area contributed by atoms with Crippen molar-refractivity contribution >= 4 is 34.8 Å². The predicted molar refractivity (Wildman–Crippen MR) is 125 cm³/mol. The van der Waals surface area contributed by atoms with E-state index in [4.69, 9.17) is 21.1 Å². The van der Waals surface area contributed by atoms with Gasteiger partial charge in [0.15, 0.2) is 0 Å². The molecule has 2 heterocycles. The Morgan fingerprint density at radius 2 is 1.78 bits per heavy atom. The maximum absolute atomic E-state index is 12.9. The maximum atomic E-state index is 12.9. The lowest BCUT2D eigenvalue weighted by atomic mass is 10.0. The summed E-state index contributed by atoms with van der Waals surface area (Å²) in [6, 6.07) is 13.3. The molecule has 8 heteroatoms. The van der Waals surface area contributed by atoms with Gasteiger partial charge in [0.25, 0.3) is 0 Å². The van der Waals surface area contributed by atoms with Crippen LogP contribution in [0.2, 0.25) is 5.02 Å². The number of halogens is 1. The van der Waals surface area contributed by atoms with Crippen molar-refractivity contribution in [1.82, 2.24) is 5.32 Å². The van der Waals surface area contributed by atoms with E-state index >= 15 is 0 Å². The Labute approximate surface area is 193 Å². The summed E-state index contributed by atoms with van der Waals surface area (Å²) in [7, 11) is 3.21. The van der Waals surface area contributed by atoms with Crippen LogP contribution in [0.4, 0.5) is 11.4 Å². The Morgan fingerprint density at radius 3 is 2.44 bits per heavy atom. The van der Waals surface area contributed by atoms with Crippen LogP contribution in [0.25, 0.3) is 0 Å². The minimum absolute atomic E-state index is 0.0651. The summed E-state index contributed by atoms with van der Waals surface area (Å²) in [6.45, 7) is 2.06. The second kappa shape index (κ2) is 9.69. The normalized spacial score (nSPS) is 19.2. The third kappa shape index (κ3) is 4.78. The number of anilines is 2. The van der Waals surface area contributed by atoms with E-state index in [1.807, 2.05) is 12.1 Å². The van der Waals surface area contributed by atoms with Gasteiger partial charge < -0.3 is 24.6 Å². The number of piperidine rings is 1. The number of carbonyl (C=O) groups excluding carboxylic acids is 2. The van der Waals surface area contributed by atoms with Crippen LogP contribution in [0.5, 0.6) is 11.5 Å². The number of benzene rings is 2. The number of hydrogen-bond donors (Lipinski definition) is 1. The lowest BCUT2D eigenvalue weighted by Crippen LogP contribution is -2.46. The molecule has 4 rings (SSSR count). The Morgan fingerprint density at radius 1 is 1.06 bits per heavy atom. The van der Waals surface area contributed by atoms with Crippen LogP contribution >= 0.6 is 11.6 Å². The van der Waals surface area contributed by atoms with Gasteiger partial charge in [-0.3, -0.25) is 9.59 Å². The smallest absolute Gasteiger partial charge is 0.227 e. The topological polar surface area (TPSA) is 71.1 Å². The molecule has 0 aromatic heterocycles. The fraction of sp³-hybridized carbons (Fsp3) is 0.417. The summed E-state index contributed by atoms with van der Waals surface area (Å²) in [4.78, 5) is 29.5. The average Bonchev–Trinajstić information content (AvgIpc) is 3.21. The zero-order chi connectivity index (χ0) is 22.7. The highest BCUT2D eigenvalue weighted by Gasteiger charge is 2.37. The van der Waals surface area contributed by atoms with E-state index in [9.17, 15) is 9.59 Å². The molecule has 0 radical (unpaired) electrons. The van der Waals surface area contributed by atoms with E-state index in [0.29, 0.717) is 23.0 Å². The van der Waals surface area contributed by atoms with E-state index in [2.05, 4.69) is 22.3 Å². The van der Waals surface area contributed by atoms with Crippen molar-refractivity contribution in [1.29, 1.82) is 0 Å². The Bertz CT molecular complexity index is 974. The fourth-order valence-electron chi connectivity index (χ4n) is 4.38. The number of rotatable bonds is 6. The number of amides is 2. The first-order chi connectivity index (χ1) is 15.5. The maximum Gasteiger partial charge on any atom is 0.227 e. The van der Waals surface area contributed by atoms with Gasteiger partial charge >= 0.3 is 0 Å². The van der Waals surface area contributed by atoms with Gasteiger partial charge in [-0.25, -0.2) is 0 Å². The Balaban J connectivity index is 1.32. The van der Waals surface area contributed by atoms with Crippen molar-refractivity contribution in [2.24, 2.45) is 5.92 Å². The summed E-state index contributed by atoms with van der Waals surface area (Å²) in [5, 5.41) is 3.68. The van der Waals surface area contributed by atoms with Crippen molar-refractivity contribution in [3.8, 4) is 11.5 Å². The molecule has 0 aliphatic carbocycles. The molecule has 170 valence electrons. The number of nitrogens with zero attached hydrogens (tertiary/aromatic N) is 2. The molecule has 2 aliphatic heterocycles.